The molecule has 0 unspecified atom stereocenters. The first-order valence-electron chi connectivity index (χ1n) is 20.1. The molecule has 0 bridgehead atoms. The van der Waals surface area contributed by atoms with Crippen molar-refractivity contribution in [1.82, 2.24) is 21.3 Å². The molecule has 1 aliphatic rings. The van der Waals surface area contributed by atoms with Crippen LogP contribution >= 0.6 is 0 Å². The summed E-state index contributed by atoms with van der Waals surface area (Å²) < 4.78 is 37.8. The van der Waals surface area contributed by atoms with E-state index in [0.29, 0.717) is 11.1 Å². The van der Waals surface area contributed by atoms with Crippen LogP contribution in [-0.4, -0.2) is 115 Å². The molecule has 1 saturated heterocycles. The summed E-state index contributed by atoms with van der Waals surface area (Å²) in [7, 11) is 0. The van der Waals surface area contributed by atoms with Crippen LogP contribution in [0.3, 0.4) is 0 Å². The van der Waals surface area contributed by atoms with E-state index < -0.39 is 115 Å². The molecule has 4 N–H and O–H groups in total. The molecule has 4 amide bonds. The SMILES string of the molecule is CC(=O)OC[C@H]1O[C@@H](NC(=O)CCC[C@H](NC(=O)[C@H](Cc2ccccc2)NC(=O)OCc2ccccc2)C(=O)NCC(=O)OC(C)(C)C)[C@H](OC(C)=O)[C@@H](OC(C)=O)[C@@H]1OC(C)=O. The van der Waals surface area contributed by atoms with Crippen molar-refractivity contribution in [2.24, 2.45) is 0 Å². The van der Waals surface area contributed by atoms with Crippen LogP contribution in [0.25, 0.3) is 0 Å². The Morgan fingerprint density at radius 3 is 1.81 bits per heavy atom. The Kier molecular flexibility index (Phi) is 20.0. The largest absolute Gasteiger partial charge is 0.463 e. The number of benzene rings is 2. The van der Waals surface area contributed by atoms with Crippen LogP contribution in [0.1, 0.15) is 78.9 Å². The van der Waals surface area contributed by atoms with E-state index in [1.165, 1.54) is 0 Å². The zero-order chi connectivity index (χ0) is 46.7. The first kappa shape index (κ1) is 50.8. The maximum absolute atomic E-state index is 13.9. The van der Waals surface area contributed by atoms with Gasteiger partial charge in [0, 0.05) is 40.5 Å². The molecule has 20 heteroatoms. The van der Waals surface area contributed by atoms with Crippen LogP contribution in [0.4, 0.5) is 4.79 Å². The van der Waals surface area contributed by atoms with E-state index in [-0.39, 0.29) is 32.3 Å². The highest BCUT2D eigenvalue weighted by Gasteiger charge is 2.52. The first-order chi connectivity index (χ1) is 29.7. The molecule has 0 spiro atoms. The molecule has 1 heterocycles. The van der Waals surface area contributed by atoms with Crippen molar-refractivity contribution in [3.8, 4) is 0 Å². The van der Waals surface area contributed by atoms with Crippen molar-refractivity contribution in [2.75, 3.05) is 13.2 Å². The number of esters is 5. The fraction of sp³-hybridized carbons (Fsp3) is 0.512. The highest BCUT2D eigenvalue weighted by Crippen LogP contribution is 2.28. The van der Waals surface area contributed by atoms with Gasteiger partial charge in [0.15, 0.2) is 24.5 Å². The maximum atomic E-state index is 13.9. The second-order valence-corrected chi connectivity index (χ2v) is 15.4. The highest BCUT2D eigenvalue weighted by molar-refractivity contribution is 5.92. The van der Waals surface area contributed by atoms with Gasteiger partial charge >= 0.3 is 35.9 Å². The van der Waals surface area contributed by atoms with Gasteiger partial charge in [-0.2, -0.15) is 0 Å². The quantitative estimate of drug-likeness (QED) is 0.109. The smallest absolute Gasteiger partial charge is 0.408 e. The third-order valence-electron chi connectivity index (χ3n) is 8.75. The molecule has 1 fully saturated rings. The minimum Gasteiger partial charge on any atom is -0.463 e. The molecule has 344 valence electrons. The van der Waals surface area contributed by atoms with Crippen LogP contribution in [0.5, 0.6) is 0 Å². The van der Waals surface area contributed by atoms with Gasteiger partial charge in [-0.3, -0.25) is 38.4 Å². The molecule has 0 aliphatic carbocycles. The van der Waals surface area contributed by atoms with Gasteiger partial charge in [0.2, 0.25) is 17.7 Å². The highest BCUT2D eigenvalue weighted by atomic mass is 16.7. The predicted octanol–water partition coefficient (Wildman–Crippen LogP) is 1.84. The maximum Gasteiger partial charge on any atom is 0.408 e. The second kappa shape index (κ2) is 24.8. The predicted molar refractivity (Wildman–Crippen MR) is 218 cm³/mol. The minimum absolute atomic E-state index is 0.00223. The van der Waals surface area contributed by atoms with E-state index >= 15 is 0 Å². The van der Waals surface area contributed by atoms with E-state index in [9.17, 15) is 43.2 Å². The van der Waals surface area contributed by atoms with E-state index in [1.807, 2.05) is 0 Å². The van der Waals surface area contributed by atoms with Crippen molar-refractivity contribution in [3.05, 3.63) is 71.8 Å². The summed E-state index contributed by atoms with van der Waals surface area (Å²) in [5.41, 5.74) is 0.521. The summed E-state index contributed by atoms with van der Waals surface area (Å²) in [4.78, 5) is 115. The van der Waals surface area contributed by atoms with Crippen molar-refractivity contribution in [1.29, 1.82) is 0 Å². The fourth-order valence-electron chi connectivity index (χ4n) is 6.21. The number of hydrogen-bond donors (Lipinski definition) is 4. The Morgan fingerprint density at radius 2 is 1.24 bits per heavy atom. The van der Waals surface area contributed by atoms with Crippen LogP contribution in [0.2, 0.25) is 0 Å². The fourth-order valence-corrected chi connectivity index (χ4v) is 6.21. The summed E-state index contributed by atoms with van der Waals surface area (Å²) in [5, 5.41) is 10.2. The Bertz CT molecular complexity index is 1900. The van der Waals surface area contributed by atoms with E-state index in [1.54, 1.807) is 81.4 Å². The van der Waals surface area contributed by atoms with Gasteiger partial charge in [-0.1, -0.05) is 60.7 Å². The molecule has 0 radical (unpaired) electrons. The Hall–Kier alpha value is -6.57. The van der Waals surface area contributed by atoms with Crippen LogP contribution < -0.4 is 21.3 Å². The zero-order valence-corrected chi connectivity index (χ0v) is 36.3. The molecule has 1 aliphatic heterocycles. The average Bonchev–Trinajstić information content (AvgIpc) is 3.19. The summed E-state index contributed by atoms with van der Waals surface area (Å²) >= 11 is 0. The Balaban J connectivity index is 1.82. The lowest BCUT2D eigenvalue weighted by atomic mass is 9.97. The van der Waals surface area contributed by atoms with E-state index in [4.69, 9.17) is 33.2 Å². The number of alkyl carbamates (subject to hydrolysis) is 1. The van der Waals surface area contributed by atoms with Gasteiger partial charge in [-0.05, 0) is 44.7 Å². The number of amides is 4. The van der Waals surface area contributed by atoms with Crippen LogP contribution in [0.15, 0.2) is 60.7 Å². The molecular weight excluding hydrogens is 828 g/mol. The third-order valence-corrected chi connectivity index (χ3v) is 8.75. The molecule has 0 saturated carbocycles. The molecule has 63 heavy (non-hydrogen) atoms. The minimum atomic E-state index is -1.56. The number of carbonyl (C=O) groups is 9. The normalized spacial score (nSPS) is 19.1. The first-order valence-corrected chi connectivity index (χ1v) is 20.1. The van der Waals surface area contributed by atoms with E-state index in [2.05, 4.69) is 21.3 Å². The average molecular weight is 885 g/mol. The molecule has 20 nitrogen and oxygen atoms in total. The molecular formula is C43H56N4O16. The van der Waals surface area contributed by atoms with Gasteiger partial charge in [0.05, 0.1) is 0 Å². The van der Waals surface area contributed by atoms with Gasteiger partial charge in [-0.25, -0.2) is 4.79 Å². The number of hydrogen-bond acceptors (Lipinski definition) is 16. The number of rotatable bonds is 20. The zero-order valence-electron chi connectivity index (χ0n) is 36.3. The standard InChI is InChI=1S/C43H56N4O16/c1-25(48)57-24-33-36(59-26(2)49)37(60-27(3)50)38(61-28(4)51)41(62-33)47-34(52)20-14-19-31(39(54)44-22-35(53)63-43(5,6)7)45-40(55)32(21-29-15-10-8-11-16-29)46-42(56)58-23-30-17-12-9-13-18-30/h8-13,15-18,31-33,36-38,41H,14,19-24H2,1-7H3,(H,44,54)(H,45,55)(H,46,56)(H,47,52)/t31-,32-,33+,36+,37-,38+,41+/m0/s1. The van der Waals surface area contributed by atoms with Gasteiger partial charge in [0.1, 0.15) is 43.5 Å². The van der Waals surface area contributed by atoms with Crippen molar-refractivity contribution in [2.45, 2.75) is 129 Å². The van der Waals surface area contributed by atoms with Gasteiger partial charge in [-0.15, -0.1) is 0 Å². The molecule has 7 atom stereocenters. The van der Waals surface area contributed by atoms with Crippen LogP contribution in [-0.2, 0) is 84.5 Å². The monoisotopic (exact) mass is 884 g/mol. The van der Waals surface area contributed by atoms with Crippen molar-refractivity contribution in [3.63, 3.8) is 0 Å². The molecule has 2 aromatic carbocycles. The summed E-state index contributed by atoms with van der Waals surface area (Å²) in [5.74, 6) is -6.38. The topological polar surface area (TPSA) is 266 Å². The number of carbonyl (C=O) groups excluding carboxylic acids is 9. The number of ether oxygens (including phenoxy) is 7. The van der Waals surface area contributed by atoms with Gasteiger partial charge in [0.25, 0.3) is 0 Å². The lowest BCUT2D eigenvalue weighted by molar-refractivity contribution is -0.257. The summed E-state index contributed by atoms with van der Waals surface area (Å²) in [6.45, 7) is 8.06. The Labute approximate surface area is 364 Å². The lowest BCUT2D eigenvalue weighted by Crippen LogP contribution is -2.66. The summed E-state index contributed by atoms with van der Waals surface area (Å²) in [6, 6.07) is 15.0. The third kappa shape index (κ3) is 18.9. The lowest BCUT2D eigenvalue weighted by Gasteiger charge is -2.44. The van der Waals surface area contributed by atoms with E-state index in [0.717, 1.165) is 27.7 Å². The molecule has 3 rings (SSSR count). The van der Waals surface area contributed by atoms with Crippen LogP contribution in [0, 0.1) is 0 Å². The number of nitrogens with one attached hydrogen (secondary N) is 4. The molecule has 0 aromatic heterocycles. The molecule has 2 aromatic rings. The van der Waals surface area contributed by atoms with Gasteiger partial charge < -0.3 is 54.4 Å². The Morgan fingerprint density at radius 1 is 0.667 bits per heavy atom. The summed E-state index contributed by atoms with van der Waals surface area (Å²) in [6.07, 6.45) is -8.92. The van der Waals surface area contributed by atoms with Crippen molar-refractivity contribution < 1.29 is 76.3 Å². The van der Waals surface area contributed by atoms with Crippen molar-refractivity contribution >= 4 is 53.7 Å². The second-order valence-electron chi connectivity index (χ2n) is 15.4.